The van der Waals surface area contributed by atoms with Gasteiger partial charge in [-0.2, -0.15) is 0 Å². The normalized spacial score (nSPS) is 12.5. The quantitative estimate of drug-likeness (QED) is 0.0406. The summed E-state index contributed by atoms with van der Waals surface area (Å²) >= 11 is 0. The third-order valence-electron chi connectivity index (χ3n) is 9.26. The van der Waals surface area contributed by atoms with E-state index in [1.807, 2.05) is 0 Å². The summed E-state index contributed by atoms with van der Waals surface area (Å²) in [4.78, 5) is 25.8. The molecule has 0 aromatic carbocycles. The molecule has 47 heavy (non-hydrogen) atoms. The number of esters is 1. The Hall–Kier alpha value is -0.980. The highest BCUT2D eigenvalue weighted by Gasteiger charge is 2.19. The molecule has 0 aromatic rings. The molecule has 0 heterocycles. The molecule has 0 fully saturated rings. The fourth-order valence-electron chi connectivity index (χ4n) is 6.03. The Balaban J connectivity index is 0. The lowest BCUT2D eigenvalue weighted by atomic mass is 9.95. The highest BCUT2D eigenvalue weighted by atomic mass is 16.5. The number of ether oxygens (including phenoxy) is 2. The maximum absolute atomic E-state index is 12.5. The minimum absolute atomic E-state index is 0.0468. The summed E-state index contributed by atoms with van der Waals surface area (Å²) in [6, 6.07) is 0. The summed E-state index contributed by atoms with van der Waals surface area (Å²) < 4.78 is 10.8. The van der Waals surface area contributed by atoms with Crippen molar-refractivity contribution < 1.29 is 24.2 Å². The van der Waals surface area contributed by atoms with Crippen LogP contribution in [0.3, 0.4) is 0 Å². The highest BCUT2D eigenvalue weighted by Crippen LogP contribution is 2.19. The van der Waals surface area contributed by atoms with E-state index in [2.05, 4.69) is 32.6 Å². The molecule has 0 spiro atoms. The van der Waals surface area contributed by atoms with Gasteiger partial charge in [0.2, 0.25) is 0 Å². The van der Waals surface area contributed by atoms with E-state index in [-0.39, 0.29) is 11.9 Å². The van der Waals surface area contributed by atoms with Crippen LogP contribution in [0, 0.1) is 11.8 Å². The van der Waals surface area contributed by atoms with Crippen molar-refractivity contribution in [3.63, 3.8) is 0 Å². The molecule has 2 unspecified atom stereocenters. The molecular formula is C41H83NO5. The molecule has 0 amide bonds. The molecule has 0 rings (SSSR count). The van der Waals surface area contributed by atoms with E-state index in [1.165, 1.54) is 89.9 Å². The molecular weight excluding hydrogens is 586 g/mol. The average Bonchev–Trinajstić information content (AvgIpc) is 3.08. The van der Waals surface area contributed by atoms with Gasteiger partial charge in [0.15, 0.2) is 0 Å². The van der Waals surface area contributed by atoms with Crippen LogP contribution in [0.15, 0.2) is 0 Å². The predicted molar refractivity (Wildman–Crippen MR) is 202 cm³/mol. The zero-order valence-corrected chi connectivity index (χ0v) is 32.4. The Morgan fingerprint density at radius 2 is 1.02 bits per heavy atom. The average molecular weight is 670 g/mol. The largest absolute Gasteiger partial charge is 0.465 e. The third kappa shape index (κ3) is 36.1. The van der Waals surface area contributed by atoms with Gasteiger partial charge in [0.1, 0.15) is 6.29 Å². The van der Waals surface area contributed by atoms with E-state index in [0.717, 1.165) is 110 Å². The minimum atomic E-state index is 0.0468. The van der Waals surface area contributed by atoms with Crippen molar-refractivity contribution in [1.29, 1.82) is 0 Å². The van der Waals surface area contributed by atoms with E-state index in [4.69, 9.17) is 14.6 Å². The summed E-state index contributed by atoms with van der Waals surface area (Å²) in [5, 5.41) is 9.09. The van der Waals surface area contributed by atoms with Crippen molar-refractivity contribution in [2.75, 3.05) is 46.6 Å². The second-order valence-corrected chi connectivity index (χ2v) is 13.8. The van der Waals surface area contributed by atoms with E-state index in [0.29, 0.717) is 19.1 Å². The number of unbranched alkanes of at least 4 members (excludes halogenated alkanes) is 15. The number of carbonyl (C=O) groups is 2. The lowest BCUT2D eigenvalue weighted by Gasteiger charge is -2.22. The van der Waals surface area contributed by atoms with Crippen molar-refractivity contribution >= 4 is 12.3 Å². The van der Waals surface area contributed by atoms with E-state index in [9.17, 15) is 9.59 Å². The maximum atomic E-state index is 12.5. The summed E-state index contributed by atoms with van der Waals surface area (Å²) in [6.45, 7) is 13.9. The molecule has 0 radical (unpaired) electrons. The molecule has 0 aliphatic rings. The van der Waals surface area contributed by atoms with E-state index < -0.39 is 0 Å². The fourth-order valence-corrected chi connectivity index (χ4v) is 6.03. The lowest BCUT2D eigenvalue weighted by molar-refractivity contribution is -0.149. The fraction of sp³-hybridized carbons (Fsp3) is 0.951. The second-order valence-electron chi connectivity index (χ2n) is 13.8. The van der Waals surface area contributed by atoms with Gasteiger partial charge in [-0.3, -0.25) is 4.79 Å². The SMILES string of the molecule is CCCCCCC(C=O)CCCC.CCCCCCC(CCCC)C(=O)OCCCCCCN(CCCCO)CCCCCCOC. The summed E-state index contributed by atoms with van der Waals surface area (Å²) in [5.74, 6) is 0.501. The smallest absolute Gasteiger partial charge is 0.308 e. The topological polar surface area (TPSA) is 76.1 Å². The van der Waals surface area contributed by atoms with Crippen LogP contribution in [0.1, 0.15) is 195 Å². The van der Waals surface area contributed by atoms with Crippen LogP contribution in [0.2, 0.25) is 0 Å². The van der Waals surface area contributed by atoms with Crippen LogP contribution in [0.4, 0.5) is 0 Å². The number of aliphatic hydroxyl groups excluding tert-OH is 1. The predicted octanol–water partition coefficient (Wildman–Crippen LogP) is 11.1. The second kappa shape index (κ2) is 41.2. The number of aliphatic hydroxyl groups is 1. The number of rotatable bonds is 36. The van der Waals surface area contributed by atoms with E-state index in [1.54, 1.807) is 7.11 Å². The Bertz CT molecular complexity index is 617. The number of carbonyl (C=O) groups excluding carboxylic acids is 2. The Morgan fingerprint density at radius 1 is 0.574 bits per heavy atom. The van der Waals surface area contributed by atoms with Crippen molar-refractivity contribution in [1.82, 2.24) is 4.90 Å². The van der Waals surface area contributed by atoms with Gasteiger partial charge in [0.25, 0.3) is 0 Å². The number of aldehydes is 1. The monoisotopic (exact) mass is 670 g/mol. The number of hydrogen-bond donors (Lipinski definition) is 1. The zero-order chi connectivity index (χ0) is 35.1. The Kier molecular flexibility index (Phi) is 42.2. The minimum Gasteiger partial charge on any atom is -0.465 e. The van der Waals surface area contributed by atoms with Crippen molar-refractivity contribution in [3.05, 3.63) is 0 Å². The van der Waals surface area contributed by atoms with Crippen LogP contribution >= 0.6 is 0 Å². The summed E-state index contributed by atoms with van der Waals surface area (Å²) in [7, 11) is 1.77. The van der Waals surface area contributed by atoms with Gasteiger partial charge in [-0.15, -0.1) is 0 Å². The summed E-state index contributed by atoms with van der Waals surface area (Å²) in [5.41, 5.74) is 0. The van der Waals surface area contributed by atoms with Crippen LogP contribution in [0.25, 0.3) is 0 Å². The zero-order valence-electron chi connectivity index (χ0n) is 32.4. The van der Waals surface area contributed by atoms with Crippen LogP contribution in [-0.4, -0.2) is 68.8 Å². The van der Waals surface area contributed by atoms with Gasteiger partial charge in [0, 0.05) is 26.2 Å². The van der Waals surface area contributed by atoms with Crippen LogP contribution in [-0.2, 0) is 19.1 Å². The lowest BCUT2D eigenvalue weighted by Crippen LogP contribution is -2.27. The van der Waals surface area contributed by atoms with Gasteiger partial charge in [0.05, 0.1) is 12.5 Å². The Labute approximate surface area is 293 Å². The van der Waals surface area contributed by atoms with Gasteiger partial charge in [-0.05, 0) is 83.8 Å². The Morgan fingerprint density at radius 3 is 1.55 bits per heavy atom. The molecule has 6 nitrogen and oxygen atoms in total. The molecule has 1 N–H and O–H groups in total. The summed E-state index contributed by atoms with van der Waals surface area (Å²) in [6.07, 6.45) is 31.4. The molecule has 0 aromatic heterocycles. The van der Waals surface area contributed by atoms with Crippen molar-refractivity contribution in [3.8, 4) is 0 Å². The van der Waals surface area contributed by atoms with Gasteiger partial charge < -0.3 is 24.3 Å². The van der Waals surface area contributed by atoms with Gasteiger partial charge >= 0.3 is 5.97 Å². The first-order valence-corrected chi connectivity index (χ1v) is 20.5. The molecule has 0 bridgehead atoms. The maximum Gasteiger partial charge on any atom is 0.308 e. The first-order valence-electron chi connectivity index (χ1n) is 20.5. The third-order valence-corrected chi connectivity index (χ3v) is 9.26. The molecule has 0 aliphatic heterocycles. The first kappa shape index (κ1) is 48.1. The standard InChI is InChI=1S/C29H59NO4.C12H24O/c1-4-6-8-13-21-28(20-7-5-2)29(32)34-27-19-12-10-15-23-30(24-16-17-25-31)22-14-9-11-18-26-33-3;1-3-5-7-8-10-12(11-13)9-6-4-2/h28,31H,4-27H2,1-3H3;11-12H,3-10H2,1-2H3. The number of hydrogen-bond acceptors (Lipinski definition) is 6. The molecule has 2 atom stereocenters. The van der Waals surface area contributed by atoms with Crippen molar-refractivity contribution in [2.24, 2.45) is 11.8 Å². The first-order chi connectivity index (χ1) is 23.0. The molecule has 0 aliphatic carbocycles. The number of nitrogens with zero attached hydrogens (tertiary/aromatic N) is 1. The number of methoxy groups -OCH3 is 1. The van der Waals surface area contributed by atoms with Crippen LogP contribution < -0.4 is 0 Å². The van der Waals surface area contributed by atoms with Crippen LogP contribution in [0.5, 0.6) is 0 Å². The van der Waals surface area contributed by atoms with Gasteiger partial charge in [-0.1, -0.05) is 130 Å². The molecule has 282 valence electrons. The van der Waals surface area contributed by atoms with Gasteiger partial charge in [-0.25, -0.2) is 0 Å². The van der Waals surface area contributed by atoms with Crippen molar-refractivity contribution in [2.45, 2.75) is 195 Å². The highest BCUT2D eigenvalue weighted by molar-refractivity contribution is 5.72. The van der Waals surface area contributed by atoms with E-state index >= 15 is 0 Å². The molecule has 0 saturated heterocycles. The molecule has 6 heteroatoms. The molecule has 0 saturated carbocycles.